The summed E-state index contributed by atoms with van der Waals surface area (Å²) >= 11 is 0. The quantitative estimate of drug-likeness (QED) is 0.887. The summed E-state index contributed by atoms with van der Waals surface area (Å²) in [6.07, 6.45) is 2.44. The molecule has 4 rings (SSSR count). The van der Waals surface area contributed by atoms with Crippen LogP contribution >= 0.6 is 0 Å². The number of aromatic amines is 1. The molecule has 148 valence electrons. The number of aromatic nitrogens is 2. The van der Waals surface area contributed by atoms with Crippen LogP contribution in [0.15, 0.2) is 35.1 Å². The average molecular weight is 380 g/mol. The summed E-state index contributed by atoms with van der Waals surface area (Å²) in [4.78, 5) is 37.3. The van der Waals surface area contributed by atoms with Crippen molar-refractivity contribution in [1.82, 2.24) is 19.8 Å². The zero-order chi connectivity index (χ0) is 19.7. The number of fused-ring (bicyclic) bond motifs is 1. The molecule has 1 atom stereocenters. The molecule has 1 fully saturated rings. The van der Waals surface area contributed by atoms with Crippen molar-refractivity contribution < 1.29 is 4.79 Å². The van der Waals surface area contributed by atoms with Crippen molar-refractivity contribution in [1.29, 1.82) is 0 Å². The molecule has 0 saturated carbocycles. The second-order valence-electron chi connectivity index (χ2n) is 8.10. The van der Waals surface area contributed by atoms with Crippen molar-refractivity contribution in [2.45, 2.75) is 44.6 Å². The largest absolute Gasteiger partial charge is 0.342 e. The van der Waals surface area contributed by atoms with E-state index >= 15 is 0 Å². The molecule has 0 spiro atoms. The standard InChI is InChI=1S/C22H28N4O2/c1-15(16-6-4-3-5-7-16)22(28)26-12-8-17(9-13-26)20-23-19-14-25(2)11-10-18(19)21(27)24-20/h3-7,15,17H,8-14H2,1-2H3,(H,23,24,27)/t15-/m0/s1. The first-order valence-electron chi connectivity index (χ1n) is 10.2. The molecular weight excluding hydrogens is 352 g/mol. The summed E-state index contributed by atoms with van der Waals surface area (Å²) in [6, 6.07) is 9.93. The normalized spacial score (nSPS) is 19.3. The predicted octanol–water partition coefficient (Wildman–Crippen LogP) is 2.27. The predicted molar refractivity (Wildman–Crippen MR) is 108 cm³/mol. The van der Waals surface area contributed by atoms with Crippen LogP contribution in [-0.2, 0) is 17.8 Å². The summed E-state index contributed by atoms with van der Waals surface area (Å²) in [5.74, 6) is 1.05. The highest BCUT2D eigenvalue weighted by atomic mass is 16.2. The molecule has 3 heterocycles. The molecule has 0 unspecified atom stereocenters. The summed E-state index contributed by atoms with van der Waals surface area (Å²) in [6.45, 7) is 5.03. The number of rotatable bonds is 3. The molecular formula is C22H28N4O2. The lowest BCUT2D eigenvalue weighted by molar-refractivity contribution is -0.133. The van der Waals surface area contributed by atoms with Gasteiger partial charge in [0.25, 0.3) is 5.56 Å². The first-order chi connectivity index (χ1) is 13.5. The molecule has 1 aromatic carbocycles. The maximum Gasteiger partial charge on any atom is 0.254 e. The monoisotopic (exact) mass is 380 g/mol. The van der Waals surface area contributed by atoms with Crippen molar-refractivity contribution in [3.05, 3.63) is 63.3 Å². The molecule has 28 heavy (non-hydrogen) atoms. The van der Waals surface area contributed by atoms with E-state index in [4.69, 9.17) is 4.98 Å². The zero-order valence-electron chi connectivity index (χ0n) is 16.6. The number of hydrogen-bond acceptors (Lipinski definition) is 4. The molecule has 1 saturated heterocycles. The Morgan fingerprint density at radius 3 is 2.61 bits per heavy atom. The minimum absolute atomic E-state index is 0.0179. The maximum absolute atomic E-state index is 12.9. The van der Waals surface area contributed by atoms with Crippen molar-refractivity contribution in [3.63, 3.8) is 0 Å². The molecule has 0 radical (unpaired) electrons. The van der Waals surface area contributed by atoms with Gasteiger partial charge in [0.05, 0.1) is 11.6 Å². The van der Waals surface area contributed by atoms with Crippen LogP contribution in [-0.4, -0.2) is 52.4 Å². The highest BCUT2D eigenvalue weighted by Gasteiger charge is 2.29. The van der Waals surface area contributed by atoms with Gasteiger partial charge in [0, 0.05) is 37.7 Å². The van der Waals surface area contributed by atoms with E-state index in [1.165, 1.54) is 0 Å². The van der Waals surface area contributed by atoms with Gasteiger partial charge in [0.15, 0.2) is 0 Å². The molecule has 2 aliphatic heterocycles. The number of likely N-dealkylation sites (tertiary alicyclic amines) is 1. The average Bonchev–Trinajstić information content (AvgIpc) is 2.73. The fourth-order valence-corrected chi connectivity index (χ4v) is 4.31. The Morgan fingerprint density at radius 1 is 1.18 bits per heavy atom. The summed E-state index contributed by atoms with van der Waals surface area (Å²) in [5.41, 5.74) is 2.83. The molecule has 1 aromatic heterocycles. The lowest BCUT2D eigenvalue weighted by Crippen LogP contribution is -2.41. The van der Waals surface area contributed by atoms with Crippen LogP contribution in [0.2, 0.25) is 0 Å². The molecule has 6 heteroatoms. The van der Waals surface area contributed by atoms with E-state index in [0.717, 1.165) is 55.0 Å². The molecule has 1 N–H and O–H groups in total. The third kappa shape index (κ3) is 3.74. The van der Waals surface area contributed by atoms with Gasteiger partial charge < -0.3 is 14.8 Å². The van der Waals surface area contributed by atoms with Gasteiger partial charge in [0.2, 0.25) is 5.91 Å². The van der Waals surface area contributed by atoms with E-state index in [1.807, 2.05) is 42.2 Å². The fraction of sp³-hybridized carbons (Fsp3) is 0.500. The number of carbonyl (C=O) groups excluding carboxylic acids is 1. The lowest BCUT2D eigenvalue weighted by Gasteiger charge is -2.33. The Kier molecular flexibility index (Phi) is 5.31. The Hall–Kier alpha value is -2.47. The van der Waals surface area contributed by atoms with Gasteiger partial charge in [-0.15, -0.1) is 0 Å². The Bertz CT molecular complexity index is 900. The van der Waals surface area contributed by atoms with E-state index in [2.05, 4.69) is 16.9 Å². The first-order valence-corrected chi connectivity index (χ1v) is 10.2. The number of nitrogens with one attached hydrogen (secondary N) is 1. The molecule has 0 aliphatic carbocycles. The van der Waals surface area contributed by atoms with Gasteiger partial charge in [-0.3, -0.25) is 9.59 Å². The summed E-state index contributed by atoms with van der Waals surface area (Å²) in [5, 5.41) is 0. The van der Waals surface area contributed by atoms with Crippen molar-refractivity contribution >= 4 is 5.91 Å². The first kappa shape index (κ1) is 18.9. The lowest BCUT2D eigenvalue weighted by atomic mass is 9.93. The minimum Gasteiger partial charge on any atom is -0.342 e. The number of hydrogen-bond donors (Lipinski definition) is 1. The van der Waals surface area contributed by atoms with Gasteiger partial charge in [-0.1, -0.05) is 30.3 Å². The van der Waals surface area contributed by atoms with Crippen LogP contribution < -0.4 is 5.56 Å². The minimum atomic E-state index is -0.130. The fourth-order valence-electron chi connectivity index (χ4n) is 4.31. The highest BCUT2D eigenvalue weighted by molar-refractivity contribution is 5.83. The molecule has 6 nitrogen and oxygen atoms in total. The van der Waals surface area contributed by atoms with Crippen LogP contribution in [0.25, 0.3) is 0 Å². The Balaban J connectivity index is 1.43. The van der Waals surface area contributed by atoms with Gasteiger partial charge in [-0.25, -0.2) is 4.98 Å². The SMILES string of the molecule is C[C@H](C(=O)N1CCC(c2nc3c(c(=O)[nH]2)CCN(C)C3)CC1)c1ccccc1. The van der Waals surface area contributed by atoms with Crippen molar-refractivity contribution in [2.75, 3.05) is 26.7 Å². The Labute approximate surface area is 165 Å². The van der Waals surface area contributed by atoms with E-state index in [-0.39, 0.29) is 23.3 Å². The van der Waals surface area contributed by atoms with Gasteiger partial charge in [-0.2, -0.15) is 0 Å². The smallest absolute Gasteiger partial charge is 0.254 e. The summed E-state index contributed by atoms with van der Waals surface area (Å²) in [7, 11) is 2.06. The number of nitrogens with zero attached hydrogens (tertiary/aromatic N) is 3. The number of piperidine rings is 1. The van der Waals surface area contributed by atoms with E-state index in [0.29, 0.717) is 13.1 Å². The molecule has 2 aliphatic rings. The van der Waals surface area contributed by atoms with Crippen LogP contribution in [0.4, 0.5) is 0 Å². The second-order valence-corrected chi connectivity index (χ2v) is 8.10. The molecule has 1 amide bonds. The molecule has 0 bridgehead atoms. The Morgan fingerprint density at radius 2 is 1.89 bits per heavy atom. The third-order valence-electron chi connectivity index (χ3n) is 6.15. The van der Waals surface area contributed by atoms with Crippen LogP contribution in [0, 0.1) is 0 Å². The van der Waals surface area contributed by atoms with Crippen LogP contribution in [0.3, 0.4) is 0 Å². The second kappa shape index (κ2) is 7.87. The highest BCUT2D eigenvalue weighted by Crippen LogP contribution is 2.28. The van der Waals surface area contributed by atoms with Crippen LogP contribution in [0.1, 0.15) is 54.2 Å². The summed E-state index contributed by atoms with van der Waals surface area (Å²) < 4.78 is 0. The van der Waals surface area contributed by atoms with Crippen molar-refractivity contribution in [2.24, 2.45) is 0 Å². The maximum atomic E-state index is 12.9. The number of amides is 1. The van der Waals surface area contributed by atoms with E-state index in [1.54, 1.807) is 0 Å². The zero-order valence-corrected chi connectivity index (χ0v) is 16.6. The number of likely N-dealkylation sites (N-methyl/N-ethyl adjacent to an activating group) is 1. The number of benzene rings is 1. The van der Waals surface area contributed by atoms with Crippen molar-refractivity contribution in [3.8, 4) is 0 Å². The van der Waals surface area contributed by atoms with Gasteiger partial charge in [-0.05, 0) is 38.8 Å². The van der Waals surface area contributed by atoms with Gasteiger partial charge in [0.1, 0.15) is 5.82 Å². The van der Waals surface area contributed by atoms with Crippen LogP contribution in [0.5, 0.6) is 0 Å². The molecule has 2 aromatic rings. The van der Waals surface area contributed by atoms with Gasteiger partial charge >= 0.3 is 0 Å². The number of carbonyl (C=O) groups is 1. The third-order valence-corrected chi connectivity index (χ3v) is 6.15. The van der Waals surface area contributed by atoms with E-state index < -0.39 is 0 Å². The van der Waals surface area contributed by atoms with E-state index in [9.17, 15) is 9.59 Å². The number of H-pyrrole nitrogens is 1. The topological polar surface area (TPSA) is 69.3 Å².